The van der Waals surface area contributed by atoms with Crippen molar-refractivity contribution in [1.82, 2.24) is 0 Å². The van der Waals surface area contributed by atoms with Crippen LogP contribution in [-0.2, 0) is 12.8 Å². The zero-order valence-corrected chi connectivity index (χ0v) is 16.2. The van der Waals surface area contributed by atoms with Crippen LogP contribution in [0.5, 0.6) is 0 Å². The molecule has 0 aliphatic carbocycles. The van der Waals surface area contributed by atoms with Gasteiger partial charge in [-0.05, 0) is 69.1 Å². The molecule has 0 saturated heterocycles. The number of halogens is 1. The first kappa shape index (κ1) is 22.6. The van der Waals surface area contributed by atoms with Gasteiger partial charge in [0.15, 0.2) is 0 Å². The average Bonchev–Trinajstić information content (AvgIpc) is 2.66. The molecule has 4 N–H and O–H groups in total. The van der Waals surface area contributed by atoms with Gasteiger partial charge in [0, 0.05) is 0 Å². The van der Waals surface area contributed by atoms with Gasteiger partial charge in [-0.3, -0.25) is 0 Å². The monoisotopic (exact) mass is 363 g/mol. The van der Waals surface area contributed by atoms with Gasteiger partial charge in [-0.1, -0.05) is 42.9 Å². The fraction of sp³-hybridized carbons (Fsp3) is 0.545. The maximum absolute atomic E-state index is 14.3. The Morgan fingerprint density at radius 2 is 1.92 bits per heavy atom. The lowest BCUT2D eigenvalue weighted by Gasteiger charge is -2.24. The molecule has 0 amide bonds. The number of aliphatic hydroxyl groups excluding tert-OH is 2. The molecular formula is C22H34FNO2. The first-order chi connectivity index (χ1) is 12.5. The Balaban J connectivity index is 2.48. The van der Waals surface area contributed by atoms with Crippen molar-refractivity contribution in [3.05, 3.63) is 58.9 Å². The number of benzene rings is 1. The van der Waals surface area contributed by atoms with Crippen molar-refractivity contribution in [2.75, 3.05) is 13.2 Å². The van der Waals surface area contributed by atoms with Crippen LogP contribution in [-0.4, -0.2) is 29.0 Å². The van der Waals surface area contributed by atoms with Gasteiger partial charge < -0.3 is 15.9 Å². The molecule has 26 heavy (non-hydrogen) atoms. The summed E-state index contributed by atoms with van der Waals surface area (Å²) < 4.78 is 14.3. The van der Waals surface area contributed by atoms with Gasteiger partial charge in [-0.15, -0.1) is 0 Å². The summed E-state index contributed by atoms with van der Waals surface area (Å²) in [5.41, 5.74) is 7.72. The van der Waals surface area contributed by atoms with Crippen LogP contribution in [0.2, 0.25) is 0 Å². The molecule has 146 valence electrons. The van der Waals surface area contributed by atoms with Crippen LogP contribution in [0.3, 0.4) is 0 Å². The number of aliphatic hydroxyl groups is 2. The summed E-state index contributed by atoms with van der Waals surface area (Å²) in [6.45, 7) is 3.56. The highest BCUT2D eigenvalue weighted by Crippen LogP contribution is 2.18. The van der Waals surface area contributed by atoms with Gasteiger partial charge in [0.05, 0.1) is 18.8 Å². The van der Waals surface area contributed by atoms with E-state index in [9.17, 15) is 14.6 Å². The molecule has 1 rings (SSSR count). The lowest BCUT2D eigenvalue weighted by Crippen LogP contribution is -2.47. The predicted molar refractivity (Wildman–Crippen MR) is 107 cm³/mol. The first-order valence-electron chi connectivity index (χ1n) is 9.57. The number of hydrogen-bond donors (Lipinski definition) is 3. The molecule has 1 aromatic rings. The highest BCUT2D eigenvalue weighted by Gasteiger charge is 2.23. The number of aryl methyl sites for hydroxylation is 2. The SMILES string of the molecule is C/C=C(\C=C/CC)CCCCc1ccc(CCC(N)(CO)CO)c(F)c1. The van der Waals surface area contributed by atoms with Crippen LogP contribution in [0.1, 0.15) is 57.1 Å². The molecular weight excluding hydrogens is 329 g/mol. The van der Waals surface area contributed by atoms with E-state index in [1.165, 1.54) is 5.57 Å². The maximum atomic E-state index is 14.3. The van der Waals surface area contributed by atoms with Crippen LogP contribution in [0, 0.1) is 5.82 Å². The Morgan fingerprint density at radius 3 is 2.50 bits per heavy atom. The van der Waals surface area contributed by atoms with Crippen LogP contribution in [0.4, 0.5) is 4.39 Å². The van der Waals surface area contributed by atoms with Crippen molar-refractivity contribution < 1.29 is 14.6 Å². The topological polar surface area (TPSA) is 66.5 Å². The number of hydrogen-bond acceptors (Lipinski definition) is 3. The normalized spacial score (nSPS) is 12.9. The van der Waals surface area contributed by atoms with Gasteiger partial charge in [0.25, 0.3) is 0 Å². The van der Waals surface area contributed by atoms with Crippen LogP contribution >= 0.6 is 0 Å². The highest BCUT2D eigenvalue weighted by molar-refractivity contribution is 5.25. The maximum Gasteiger partial charge on any atom is 0.126 e. The standard InChI is InChI=1S/C22H34FNO2/c1-3-5-8-18(4-2)9-6-7-10-19-11-12-20(21(23)15-19)13-14-22(24,16-25)17-26/h4-5,8,11-12,15,25-26H,3,6-7,9-10,13-14,16-17,24H2,1-2H3/b8-5-,18-4+. The third-order valence-electron chi connectivity index (χ3n) is 4.76. The van der Waals surface area contributed by atoms with E-state index in [1.54, 1.807) is 12.1 Å². The summed E-state index contributed by atoms with van der Waals surface area (Å²) in [5, 5.41) is 18.4. The Bertz CT molecular complexity index is 592. The largest absolute Gasteiger partial charge is 0.394 e. The number of nitrogens with two attached hydrogens (primary N) is 1. The quantitative estimate of drug-likeness (QED) is 0.387. The first-order valence-corrected chi connectivity index (χ1v) is 9.57. The minimum absolute atomic E-state index is 0.235. The number of rotatable bonds is 12. The third kappa shape index (κ3) is 7.81. The molecule has 0 saturated carbocycles. The van der Waals surface area contributed by atoms with E-state index in [2.05, 4.69) is 32.1 Å². The van der Waals surface area contributed by atoms with Crippen molar-refractivity contribution in [2.24, 2.45) is 5.73 Å². The van der Waals surface area contributed by atoms with Crippen molar-refractivity contribution in [3.63, 3.8) is 0 Å². The van der Waals surface area contributed by atoms with Gasteiger partial charge >= 0.3 is 0 Å². The van der Waals surface area contributed by atoms with Crippen LogP contribution in [0.15, 0.2) is 42.0 Å². The Hall–Kier alpha value is -1.49. The van der Waals surface area contributed by atoms with Crippen molar-refractivity contribution in [1.29, 1.82) is 0 Å². The molecule has 0 unspecified atom stereocenters. The van der Waals surface area contributed by atoms with Crippen molar-refractivity contribution in [2.45, 2.75) is 64.3 Å². The van der Waals surface area contributed by atoms with Gasteiger partial charge in [-0.25, -0.2) is 4.39 Å². The van der Waals surface area contributed by atoms with E-state index >= 15 is 0 Å². The smallest absolute Gasteiger partial charge is 0.126 e. The van der Waals surface area contributed by atoms with Crippen molar-refractivity contribution in [3.8, 4) is 0 Å². The fourth-order valence-corrected chi connectivity index (χ4v) is 2.79. The van der Waals surface area contributed by atoms with E-state index in [-0.39, 0.29) is 19.0 Å². The minimum Gasteiger partial charge on any atom is -0.394 e. The summed E-state index contributed by atoms with van der Waals surface area (Å²) in [6.07, 6.45) is 12.3. The molecule has 0 bridgehead atoms. The summed E-state index contributed by atoms with van der Waals surface area (Å²) in [5.74, 6) is -0.235. The predicted octanol–water partition coefficient (Wildman–Crippen LogP) is 4.07. The molecule has 0 fully saturated rings. The molecule has 3 nitrogen and oxygen atoms in total. The van der Waals surface area contributed by atoms with Crippen molar-refractivity contribution >= 4 is 0 Å². The number of allylic oxidation sites excluding steroid dienone is 4. The zero-order valence-electron chi connectivity index (χ0n) is 16.2. The average molecular weight is 364 g/mol. The molecule has 0 aromatic heterocycles. The molecule has 0 heterocycles. The van der Waals surface area contributed by atoms with Gasteiger partial charge in [0.1, 0.15) is 5.82 Å². The van der Waals surface area contributed by atoms with Gasteiger partial charge in [0.2, 0.25) is 0 Å². The summed E-state index contributed by atoms with van der Waals surface area (Å²) in [4.78, 5) is 0. The van der Waals surface area contributed by atoms with E-state index in [4.69, 9.17) is 5.73 Å². The molecule has 0 aliphatic heterocycles. The lowest BCUT2D eigenvalue weighted by atomic mass is 9.93. The minimum atomic E-state index is -1.05. The molecule has 0 radical (unpaired) electrons. The van der Waals surface area contributed by atoms with E-state index < -0.39 is 5.54 Å². The fourth-order valence-electron chi connectivity index (χ4n) is 2.79. The van der Waals surface area contributed by atoms with Crippen LogP contribution in [0.25, 0.3) is 0 Å². The second kappa shape index (κ2) is 12.0. The zero-order chi connectivity index (χ0) is 19.4. The molecule has 4 heteroatoms. The second-order valence-corrected chi connectivity index (χ2v) is 6.99. The summed E-state index contributed by atoms with van der Waals surface area (Å²) >= 11 is 0. The number of unbranched alkanes of at least 4 members (excludes halogenated alkanes) is 1. The van der Waals surface area contributed by atoms with E-state index in [0.717, 1.165) is 37.7 Å². The summed E-state index contributed by atoms with van der Waals surface area (Å²) in [7, 11) is 0. The third-order valence-corrected chi connectivity index (χ3v) is 4.76. The molecule has 0 aliphatic rings. The van der Waals surface area contributed by atoms with Gasteiger partial charge in [-0.2, -0.15) is 0 Å². The summed E-state index contributed by atoms with van der Waals surface area (Å²) in [6, 6.07) is 5.35. The molecule has 0 atom stereocenters. The van der Waals surface area contributed by atoms with Crippen LogP contribution < -0.4 is 5.73 Å². The van der Waals surface area contributed by atoms with E-state index in [0.29, 0.717) is 18.4 Å². The lowest BCUT2D eigenvalue weighted by molar-refractivity contribution is 0.114. The van der Waals surface area contributed by atoms with E-state index in [1.807, 2.05) is 6.07 Å². The molecule has 0 spiro atoms. The Morgan fingerprint density at radius 1 is 1.19 bits per heavy atom. The second-order valence-electron chi connectivity index (χ2n) is 6.99. The Kier molecular flexibility index (Phi) is 10.4. The molecule has 1 aromatic carbocycles. The highest BCUT2D eigenvalue weighted by atomic mass is 19.1. The Labute approximate surface area is 157 Å².